The van der Waals surface area contributed by atoms with Gasteiger partial charge < -0.3 is 0 Å². The maximum atomic E-state index is 5.81. The van der Waals surface area contributed by atoms with Crippen LogP contribution < -0.4 is 16.0 Å². The lowest BCUT2D eigenvalue weighted by Crippen LogP contribution is -2.77. The molecule has 0 aliphatic heterocycles. The summed E-state index contributed by atoms with van der Waals surface area (Å²) in [6.07, 6.45) is 1.08. The first-order chi connectivity index (χ1) is 7.97. The number of anilines is 1. The first kappa shape index (κ1) is 13.4. The fraction of sp³-hybridized carbons (Fsp3) is 0.583. The molecular formula is C12H22N5+. The Morgan fingerprint density at radius 2 is 1.94 bits per heavy atom. The molecule has 5 heteroatoms. The van der Waals surface area contributed by atoms with Crippen molar-refractivity contribution < 1.29 is 4.99 Å². The molecule has 4 N–H and O–H groups in total. The molecule has 0 unspecified atom stereocenters. The van der Waals surface area contributed by atoms with Gasteiger partial charge in [-0.05, 0) is 32.3 Å². The van der Waals surface area contributed by atoms with Crippen LogP contribution >= 0.6 is 0 Å². The maximum Gasteiger partial charge on any atom is 0.348 e. The van der Waals surface area contributed by atoms with Gasteiger partial charge in [-0.3, -0.25) is 10.7 Å². The zero-order chi connectivity index (χ0) is 12.8. The van der Waals surface area contributed by atoms with Crippen molar-refractivity contribution in [2.45, 2.75) is 34.1 Å². The topological polar surface area (TPSA) is 77.8 Å². The van der Waals surface area contributed by atoms with Crippen molar-refractivity contribution in [2.75, 3.05) is 11.9 Å². The van der Waals surface area contributed by atoms with Crippen LogP contribution in [0.5, 0.6) is 0 Å². The van der Waals surface area contributed by atoms with E-state index in [4.69, 9.17) is 5.73 Å². The van der Waals surface area contributed by atoms with E-state index in [0.29, 0.717) is 17.8 Å². The van der Waals surface area contributed by atoms with E-state index in [-0.39, 0.29) is 0 Å². The molecule has 1 rings (SSSR count). The number of nitrogens with zero attached hydrogens (tertiary/aromatic N) is 2. The van der Waals surface area contributed by atoms with Crippen molar-refractivity contribution in [1.29, 1.82) is 0 Å². The van der Waals surface area contributed by atoms with Crippen LogP contribution in [0.2, 0.25) is 0 Å². The third kappa shape index (κ3) is 5.29. The number of aryl methyl sites for hydroxylation is 2. The molecule has 5 nitrogen and oxygen atoms in total. The number of nitrogens with two attached hydrogens (primary N) is 1. The molecule has 0 radical (unpaired) electrons. The molecule has 0 amide bonds. The van der Waals surface area contributed by atoms with Crippen molar-refractivity contribution in [3.05, 3.63) is 17.5 Å². The van der Waals surface area contributed by atoms with E-state index < -0.39 is 0 Å². The molecule has 0 saturated heterocycles. The summed E-state index contributed by atoms with van der Waals surface area (Å²) < 4.78 is 0. The van der Waals surface area contributed by atoms with Crippen LogP contribution in [0.25, 0.3) is 0 Å². The van der Waals surface area contributed by atoms with E-state index in [9.17, 15) is 0 Å². The molecule has 1 heterocycles. The zero-order valence-electron chi connectivity index (χ0n) is 11.0. The molecule has 1 aromatic heterocycles. The summed E-state index contributed by atoms with van der Waals surface area (Å²) in [6.45, 7) is 9.07. The highest BCUT2D eigenvalue weighted by Gasteiger charge is 2.05. The van der Waals surface area contributed by atoms with Gasteiger partial charge in [-0.15, -0.1) is 0 Å². The van der Waals surface area contributed by atoms with Crippen molar-refractivity contribution in [2.24, 2.45) is 11.7 Å². The van der Waals surface area contributed by atoms with Crippen molar-refractivity contribution >= 4 is 11.9 Å². The summed E-state index contributed by atoms with van der Waals surface area (Å²) in [5, 5.41) is 2.96. The second-order valence-electron chi connectivity index (χ2n) is 4.62. The Labute approximate surface area is 103 Å². The smallest absolute Gasteiger partial charge is 0.290 e. The summed E-state index contributed by atoms with van der Waals surface area (Å²) >= 11 is 0. The number of hydrogen-bond acceptors (Lipinski definition) is 2. The molecule has 0 aliphatic rings. The summed E-state index contributed by atoms with van der Waals surface area (Å²) in [5.41, 5.74) is 7.66. The second-order valence-corrected chi connectivity index (χ2v) is 4.62. The lowest BCUT2D eigenvalue weighted by atomic mass is 10.1. The van der Waals surface area contributed by atoms with Gasteiger partial charge in [-0.25, -0.2) is 15.3 Å². The van der Waals surface area contributed by atoms with Gasteiger partial charge >= 0.3 is 5.96 Å². The Morgan fingerprint density at radius 1 is 1.35 bits per heavy atom. The van der Waals surface area contributed by atoms with E-state index in [2.05, 4.69) is 34.1 Å². The Kier molecular flexibility index (Phi) is 4.87. The van der Waals surface area contributed by atoms with Gasteiger partial charge in [0, 0.05) is 11.4 Å². The number of hydrogen-bond donors (Lipinski definition) is 3. The molecule has 0 fully saturated rings. The second kappa shape index (κ2) is 6.18. The van der Waals surface area contributed by atoms with Gasteiger partial charge in [0.15, 0.2) is 0 Å². The van der Waals surface area contributed by atoms with Gasteiger partial charge in [0.2, 0.25) is 0 Å². The summed E-state index contributed by atoms with van der Waals surface area (Å²) in [5.74, 6) is 1.69. The van der Waals surface area contributed by atoms with Crippen LogP contribution in [-0.2, 0) is 0 Å². The Balaban J connectivity index is 2.58. The largest absolute Gasteiger partial charge is 0.348 e. The maximum absolute atomic E-state index is 5.81. The fourth-order valence-electron chi connectivity index (χ4n) is 1.44. The van der Waals surface area contributed by atoms with E-state index in [1.165, 1.54) is 0 Å². The van der Waals surface area contributed by atoms with Gasteiger partial charge in [0.05, 0.1) is 6.54 Å². The minimum absolute atomic E-state index is 0.496. The third-order valence-corrected chi connectivity index (χ3v) is 2.27. The molecule has 17 heavy (non-hydrogen) atoms. The van der Waals surface area contributed by atoms with Crippen molar-refractivity contribution in [3.8, 4) is 0 Å². The van der Waals surface area contributed by atoms with E-state index in [1.807, 2.05) is 19.9 Å². The monoisotopic (exact) mass is 236 g/mol. The van der Waals surface area contributed by atoms with E-state index >= 15 is 0 Å². The SMILES string of the molecule is Cc1cc(C)nc(NC(N)=[NH+]CCC(C)C)n1. The van der Waals surface area contributed by atoms with E-state index in [1.54, 1.807) is 0 Å². The predicted molar refractivity (Wildman–Crippen MR) is 69.6 cm³/mol. The number of aromatic nitrogens is 2. The quantitative estimate of drug-likeness (QED) is 0.506. The van der Waals surface area contributed by atoms with Crippen molar-refractivity contribution in [1.82, 2.24) is 9.97 Å². The molecule has 0 saturated carbocycles. The predicted octanol–water partition coefficient (Wildman–Crippen LogP) is -0.0533. The minimum atomic E-state index is 0.496. The molecule has 94 valence electrons. The van der Waals surface area contributed by atoms with Crippen LogP contribution in [0.1, 0.15) is 31.7 Å². The molecular weight excluding hydrogens is 214 g/mol. The number of rotatable bonds is 4. The Hall–Kier alpha value is -1.65. The highest BCUT2D eigenvalue weighted by Crippen LogP contribution is 2.02. The normalized spacial score (nSPS) is 11.9. The van der Waals surface area contributed by atoms with Gasteiger partial charge in [0.1, 0.15) is 0 Å². The lowest BCUT2D eigenvalue weighted by Gasteiger charge is -2.02. The van der Waals surface area contributed by atoms with Gasteiger partial charge in [-0.1, -0.05) is 13.8 Å². The summed E-state index contributed by atoms with van der Waals surface area (Å²) in [4.78, 5) is 11.6. The van der Waals surface area contributed by atoms with Crippen LogP contribution in [0, 0.1) is 19.8 Å². The molecule has 0 aromatic carbocycles. The average molecular weight is 236 g/mol. The number of nitrogens with one attached hydrogen (secondary N) is 2. The highest BCUT2D eigenvalue weighted by molar-refractivity contribution is 5.85. The standard InChI is InChI=1S/C12H21N5/c1-8(2)5-6-14-11(13)17-12-15-9(3)7-10(4)16-12/h7-8H,5-6H2,1-4H3,(H3,13,14,15,16,17)/p+1. The zero-order valence-corrected chi connectivity index (χ0v) is 11.0. The molecule has 0 spiro atoms. The average Bonchev–Trinajstić information content (AvgIpc) is 2.14. The molecule has 0 aliphatic carbocycles. The van der Waals surface area contributed by atoms with Gasteiger partial charge in [0.25, 0.3) is 5.95 Å². The summed E-state index contributed by atoms with van der Waals surface area (Å²) in [6, 6.07) is 1.92. The minimum Gasteiger partial charge on any atom is -0.290 e. The lowest BCUT2D eigenvalue weighted by molar-refractivity contribution is -0.459. The molecule has 0 bridgehead atoms. The van der Waals surface area contributed by atoms with Crippen LogP contribution in [0.4, 0.5) is 5.95 Å². The third-order valence-electron chi connectivity index (χ3n) is 2.27. The molecule has 1 aromatic rings. The van der Waals surface area contributed by atoms with Crippen LogP contribution in [0.3, 0.4) is 0 Å². The van der Waals surface area contributed by atoms with Crippen LogP contribution in [0.15, 0.2) is 6.07 Å². The fourth-order valence-corrected chi connectivity index (χ4v) is 1.44. The Morgan fingerprint density at radius 3 is 2.47 bits per heavy atom. The van der Waals surface area contributed by atoms with Crippen LogP contribution in [-0.4, -0.2) is 22.5 Å². The molecule has 0 atom stereocenters. The Bertz CT molecular complexity index is 378. The van der Waals surface area contributed by atoms with Crippen molar-refractivity contribution in [3.63, 3.8) is 0 Å². The van der Waals surface area contributed by atoms with E-state index in [0.717, 1.165) is 24.4 Å². The first-order valence-corrected chi connectivity index (χ1v) is 5.93. The van der Waals surface area contributed by atoms with Gasteiger partial charge in [-0.2, -0.15) is 0 Å². The summed E-state index contributed by atoms with van der Waals surface area (Å²) in [7, 11) is 0. The number of guanidine groups is 1. The first-order valence-electron chi connectivity index (χ1n) is 5.93. The highest BCUT2D eigenvalue weighted by atomic mass is 15.2.